The second-order valence-electron chi connectivity index (χ2n) is 6.15. The number of hydrogen-bond acceptors (Lipinski definition) is 5. The van der Waals surface area contributed by atoms with E-state index in [0.717, 1.165) is 23.1 Å². The Labute approximate surface area is 119 Å². The van der Waals surface area contributed by atoms with E-state index in [2.05, 4.69) is 41.0 Å². The molecule has 1 N–H and O–H groups in total. The number of aryl methyl sites for hydroxylation is 1. The quantitative estimate of drug-likeness (QED) is 0.923. The van der Waals surface area contributed by atoms with Crippen LogP contribution in [-0.2, 0) is 6.54 Å². The maximum atomic E-state index is 4.55. The van der Waals surface area contributed by atoms with Gasteiger partial charge in [-0.05, 0) is 18.8 Å². The van der Waals surface area contributed by atoms with Gasteiger partial charge in [-0.2, -0.15) is 0 Å². The Hall–Kier alpha value is -1.10. The second-order valence-corrected chi connectivity index (χ2v) is 7.44. The predicted molar refractivity (Wildman–Crippen MR) is 81.4 cm³/mol. The molecule has 1 unspecified atom stereocenters. The van der Waals surface area contributed by atoms with Gasteiger partial charge in [0.25, 0.3) is 0 Å². The lowest BCUT2D eigenvalue weighted by molar-refractivity contribution is 0.375. The van der Waals surface area contributed by atoms with Crippen LogP contribution in [0.2, 0.25) is 0 Å². The summed E-state index contributed by atoms with van der Waals surface area (Å²) in [5.41, 5.74) is 2.26. The number of aliphatic imine (C=N–C) groups is 1. The van der Waals surface area contributed by atoms with Crippen molar-refractivity contribution < 1.29 is 0 Å². The first-order valence-electron chi connectivity index (χ1n) is 6.65. The summed E-state index contributed by atoms with van der Waals surface area (Å²) in [5, 5.41) is 4.99. The molecule has 1 aromatic heterocycles. The first kappa shape index (κ1) is 14.3. The van der Waals surface area contributed by atoms with E-state index in [9.17, 15) is 0 Å². The molecule has 1 aliphatic heterocycles. The molecule has 5 heteroatoms. The Kier molecular flexibility index (Phi) is 4.45. The maximum absolute atomic E-state index is 4.55. The molecule has 0 fully saturated rings. The fourth-order valence-electron chi connectivity index (χ4n) is 1.98. The van der Waals surface area contributed by atoms with E-state index < -0.39 is 0 Å². The minimum atomic E-state index is 0.366. The number of amidine groups is 1. The topological polar surface area (TPSA) is 50.2 Å². The van der Waals surface area contributed by atoms with Gasteiger partial charge in [0.15, 0.2) is 5.17 Å². The van der Waals surface area contributed by atoms with Gasteiger partial charge in [0, 0.05) is 11.4 Å². The zero-order valence-corrected chi connectivity index (χ0v) is 12.9. The predicted octanol–water partition coefficient (Wildman–Crippen LogP) is 2.78. The molecule has 0 radical (unpaired) electrons. The van der Waals surface area contributed by atoms with Gasteiger partial charge in [-0.3, -0.25) is 15.0 Å². The van der Waals surface area contributed by atoms with Crippen molar-refractivity contribution in [1.29, 1.82) is 0 Å². The molecule has 0 spiro atoms. The molecule has 2 rings (SSSR count). The molecule has 1 atom stereocenters. The Bertz CT molecular complexity index is 448. The Morgan fingerprint density at radius 2 is 2.11 bits per heavy atom. The highest BCUT2D eigenvalue weighted by atomic mass is 32.2. The van der Waals surface area contributed by atoms with E-state index in [-0.39, 0.29) is 0 Å². The van der Waals surface area contributed by atoms with Crippen LogP contribution >= 0.6 is 11.8 Å². The summed E-state index contributed by atoms with van der Waals surface area (Å²) >= 11 is 1.85. The summed E-state index contributed by atoms with van der Waals surface area (Å²) in [6.07, 6.45) is 4.80. The average Bonchev–Trinajstić information content (AvgIpc) is 2.73. The molecule has 0 aromatic carbocycles. The molecule has 0 saturated carbocycles. The lowest BCUT2D eigenvalue weighted by Crippen LogP contribution is -2.21. The zero-order chi connectivity index (χ0) is 13.9. The molecule has 1 aromatic rings. The van der Waals surface area contributed by atoms with Gasteiger partial charge in [-0.15, -0.1) is 0 Å². The molecule has 0 amide bonds. The second kappa shape index (κ2) is 5.90. The molecule has 2 heterocycles. The summed E-state index contributed by atoms with van der Waals surface area (Å²) in [4.78, 5) is 13.1. The van der Waals surface area contributed by atoms with Crippen molar-refractivity contribution in [3.63, 3.8) is 0 Å². The number of aromatic nitrogens is 2. The van der Waals surface area contributed by atoms with Crippen LogP contribution in [0.1, 0.15) is 38.6 Å². The number of thioether (sulfide) groups is 1. The van der Waals surface area contributed by atoms with Crippen LogP contribution in [0.25, 0.3) is 0 Å². The van der Waals surface area contributed by atoms with Crippen LogP contribution < -0.4 is 5.32 Å². The number of rotatable bonds is 3. The summed E-state index contributed by atoms with van der Waals surface area (Å²) in [6, 6.07) is 0. The molecule has 104 valence electrons. The van der Waals surface area contributed by atoms with Crippen LogP contribution in [0.3, 0.4) is 0 Å². The molecular weight excluding hydrogens is 256 g/mol. The Balaban J connectivity index is 1.78. The van der Waals surface area contributed by atoms with E-state index in [0.29, 0.717) is 17.2 Å². The van der Waals surface area contributed by atoms with Crippen molar-refractivity contribution in [3.05, 3.63) is 23.8 Å². The fourth-order valence-corrected chi connectivity index (χ4v) is 3.33. The fraction of sp³-hybridized carbons (Fsp3) is 0.643. The molecule has 0 bridgehead atoms. The molecule has 0 saturated heterocycles. The van der Waals surface area contributed by atoms with Crippen molar-refractivity contribution in [2.24, 2.45) is 10.4 Å². The standard InChI is InChI=1S/C14H22N4S/c1-10-6-16-11(7-15-10)8-17-13-18-9-12(19-13)5-14(2,3)4/h6-7,12H,5,8-9H2,1-4H3,(H,17,18). The van der Waals surface area contributed by atoms with E-state index >= 15 is 0 Å². The van der Waals surface area contributed by atoms with Crippen molar-refractivity contribution in [2.45, 2.75) is 45.9 Å². The monoisotopic (exact) mass is 278 g/mol. The Morgan fingerprint density at radius 1 is 1.32 bits per heavy atom. The average molecular weight is 278 g/mol. The summed E-state index contributed by atoms with van der Waals surface area (Å²) in [6.45, 7) is 10.4. The van der Waals surface area contributed by atoms with Gasteiger partial charge in [0.1, 0.15) is 0 Å². The third-order valence-electron chi connectivity index (χ3n) is 2.81. The van der Waals surface area contributed by atoms with E-state index in [4.69, 9.17) is 0 Å². The van der Waals surface area contributed by atoms with Gasteiger partial charge < -0.3 is 5.32 Å². The maximum Gasteiger partial charge on any atom is 0.157 e. The lowest BCUT2D eigenvalue weighted by atomic mass is 9.90. The van der Waals surface area contributed by atoms with Crippen LogP contribution in [-0.4, -0.2) is 26.9 Å². The molecule has 19 heavy (non-hydrogen) atoms. The van der Waals surface area contributed by atoms with Crippen molar-refractivity contribution >= 4 is 16.9 Å². The lowest BCUT2D eigenvalue weighted by Gasteiger charge is -2.21. The van der Waals surface area contributed by atoms with Gasteiger partial charge >= 0.3 is 0 Å². The zero-order valence-electron chi connectivity index (χ0n) is 12.1. The SMILES string of the molecule is Cc1cnc(CNC2=NCC(CC(C)(C)C)S2)cn1. The summed E-state index contributed by atoms with van der Waals surface area (Å²) < 4.78 is 0. The van der Waals surface area contributed by atoms with E-state index in [1.165, 1.54) is 6.42 Å². The highest BCUT2D eigenvalue weighted by molar-refractivity contribution is 8.14. The van der Waals surface area contributed by atoms with Gasteiger partial charge in [-0.1, -0.05) is 32.5 Å². The summed E-state index contributed by atoms with van der Waals surface area (Å²) in [5.74, 6) is 0. The van der Waals surface area contributed by atoms with Crippen molar-refractivity contribution in [2.75, 3.05) is 6.54 Å². The smallest absolute Gasteiger partial charge is 0.157 e. The highest BCUT2D eigenvalue weighted by Gasteiger charge is 2.24. The Morgan fingerprint density at radius 3 is 2.74 bits per heavy atom. The van der Waals surface area contributed by atoms with Crippen LogP contribution in [0.15, 0.2) is 17.4 Å². The van der Waals surface area contributed by atoms with Crippen molar-refractivity contribution in [3.8, 4) is 0 Å². The first-order valence-corrected chi connectivity index (χ1v) is 7.53. The third-order valence-corrected chi connectivity index (χ3v) is 3.96. The normalized spacial score (nSPS) is 19.4. The van der Waals surface area contributed by atoms with Crippen LogP contribution in [0.5, 0.6) is 0 Å². The first-order chi connectivity index (χ1) is 8.92. The van der Waals surface area contributed by atoms with Gasteiger partial charge in [-0.25, -0.2) is 0 Å². The summed E-state index contributed by atoms with van der Waals surface area (Å²) in [7, 11) is 0. The van der Waals surface area contributed by atoms with Crippen LogP contribution in [0.4, 0.5) is 0 Å². The van der Waals surface area contributed by atoms with E-state index in [1.807, 2.05) is 24.9 Å². The number of nitrogens with one attached hydrogen (secondary N) is 1. The minimum absolute atomic E-state index is 0.366. The third kappa shape index (κ3) is 4.82. The highest BCUT2D eigenvalue weighted by Crippen LogP contribution is 2.31. The molecule has 0 aliphatic carbocycles. The van der Waals surface area contributed by atoms with Gasteiger partial charge in [0.05, 0.1) is 30.7 Å². The van der Waals surface area contributed by atoms with Crippen LogP contribution in [0, 0.1) is 12.3 Å². The minimum Gasteiger partial charge on any atom is -0.359 e. The van der Waals surface area contributed by atoms with Crippen molar-refractivity contribution in [1.82, 2.24) is 15.3 Å². The number of hydrogen-bond donors (Lipinski definition) is 1. The largest absolute Gasteiger partial charge is 0.359 e. The number of nitrogens with zero attached hydrogens (tertiary/aromatic N) is 3. The molecule has 4 nitrogen and oxygen atoms in total. The van der Waals surface area contributed by atoms with Gasteiger partial charge in [0.2, 0.25) is 0 Å². The van der Waals surface area contributed by atoms with E-state index in [1.54, 1.807) is 6.20 Å². The molecule has 1 aliphatic rings. The molecular formula is C14H22N4S.